The number of thiazole rings is 1. The van der Waals surface area contributed by atoms with E-state index in [1.165, 1.54) is 4.52 Å². The Balaban J connectivity index is 1.99. The normalized spacial score (nSPS) is 11.2. The molecule has 1 aromatic carbocycles. The number of benzene rings is 1. The van der Waals surface area contributed by atoms with Crippen molar-refractivity contribution in [3.05, 3.63) is 63.7 Å². The number of aromatic amines is 1. The lowest BCUT2D eigenvalue weighted by atomic mass is 10.1. The molecule has 0 radical (unpaired) electrons. The quantitative estimate of drug-likeness (QED) is 0.615. The number of aryl methyl sites for hydroxylation is 2. The van der Waals surface area contributed by atoms with E-state index >= 15 is 0 Å². The molecule has 0 saturated heterocycles. The van der Waals surface area contributed by atoms with E-state index in [4.69, 9.17) is 4.98 Å². The molecule has 114 valence electrons. The first-order valence-electron chi connectivity index (χ1n) is 7.24. The van der Waals surface area contributed by atoms with Gasteiger partial charge in [-0.05, 0) is 19.4 Å². The van der Waals surface area contributed by atoms with Crippen LogP contribution in [0.3, 0.4) is 0 Å². The molecule has 0 unspecified atom stereocenters. The van der Waals surface area contributed by atoms with Crippen LogP contribution < -0.4 is 5.56 Å². The molecule has 0 aliphatic carbocycles. The standard InChI is InChI=1S/C17H14N4OS/c1-10-16(23-11(2)19-10)14-8-15(22)21-17(20-14)13(9-18-21)12-6-4-3-5-7-12/h3-9,18H,1-2H3. The molecule has 23 heavy (non-hydrogen) atoms. The number of hydrogen-bond donors (Lipinski definition) is 1. The highest BCUT2D eigenvalue weighted by Crippen LogP contribution is 2.29. The fourth-order valence-corrected chi connectivity index (χ4v) is 3.58. The molecule has 0 bridgehead atoms. The Hall–Kier alpha value is -2.73. The van der Waals surface area contributed by atoms with Gasteiger partial charge in [0.05, 0.1) is 21.3 Å². The molecule has 0 saturated carbocycles. The molecule has 0 spiro atoms. The summed E-state index contributed by atoms with van der Waals surface area (Å²) in [4.78, 5) is 22.5. The predicted octanol–water partition coefficient (Wildman–Crippen LogP) is 3.43. The minimum atomic E-state index is -0.127. The summed E-state index contributed by atoms with van der Waals surface area (Å²) in [5, 5.41) is 3.95. The number of hydrogen-bond acceptors (Lipinski definition) is 4. The van der Waals surface area contributed by atoms with Gasteiger partial charge in [0.25, 0.3) is 5.56 Å². The number of nitrogens with one attached hydrogen (secondary N) is 1. The highest BCUT2D eigenvalue weighted by Gasteiger charge is 2.14. The van der Waals surface area contributed by atoms with Crippen molar-refractivity contribution in [2.45, 2.75) is 13.8 Å². The highest BCUT2D eigenvalue weighted by molar-refractivity contribution is 7.15. The molecule has 4 aromatic rings. The van der Waals surface area contributed by atoms with Crippen LogP contribution in [0.4, 0.5) is 0 Å². The maximum absolute atomic E-state index is 12.4. The summed E-state index contributed by atoms with van der Waals surface area (Å²) in [6.07, 6.45) is 1.81. The minimum absolute atomic E-state index is 0.127. The van der Waals surface area contributed by atoms with E-state index in [9.17, 15) is 4.79 Å². The zero-order valence-corrected chi connectivity index (χ0v) is 13.5. The monoisotopic (exact) mass is 322 g/mol. The fraction of sp³-hybridized carbons (Fsp3) is 0.118. The Morgan fingerprint density at radius 2 is 1.91 bits per heavy atom. The van der Waals surface area contributed by atoms with Gasteiger partial charge in [0.15, 0.2) is 5.65 Å². The molecule has 3 heterocycles. The fourth-order valence-electron chi connectivity index (χ4n) is 2.70. The molecule has 0 aliphatic rings. The largest absolute Gasteiger partial charge is 0.296 e. The van der Waals surface area contributed by atoms with E-state index in [1.807, 2.05) is 50.4 Å². The van der Waals surface area contributed by atoms with Crippen LogP contribution in [-0.2, 0) is 0 Å². The molecule has 0 amide bonds. The zero-order valence-electron chi connectivity index (χ0n) is 12.7. The van der Waals surface area contributed by atoms with E-state index in [-0.39, 0.29) is 5.56 Å². The molecule has 0 atom stereocenters. The summed E-state index contributed by atoms with van der Waals surface area (Å²) >= 11 is 1.56. The van der Waals surface area contributed by atoms with Crippen molar-refractivity contribution in [2.75, 3.05) is 0 Å². The molecule has 0 fully saturated rings. The topological polar surface area (TPSA) is 63.1 Å². The van der Waals surface area contributed by atoms with Crippen molar-refractivity contribution < 1.29 is 0 Å². The van der Waals surface area contributed by atoms with Gasteiger partial charge in [0.2, 0.25) is 0 Å². The van der Waals surface area contributed by atoms with Gasteiger partial charge < -0.3 is 0 Å². The van der Waals surface area contributed by atoms with E-state index in [1.54, 1.807) is 17.4 Å². The first kappa shape index (κ1) is 13.9. The maximum Gasteiger partial charge on any atom is 0.273 e. The summed E-state index contributed by atoms with van der Waals surface area (Å²) in [5.41, 5.74) is 4.01. The third-order valence-corrected chi connectivity index (χ3v) is 4.81. The maximum atomic E-state index is 12.4. The summed E-state index contributed by atoms with van der Waals surface area (Å²) < 4.78 is 1.47. The van der Waals surface area contributed by atoms with Gasteiger partial charge in [-0.25, -0.2) is 14.5 Å². The van der Waals surface area contributed by atoms with Crippen LogP contribution in [0.2, 0.25) is 0 Å². The molecule has 0 aliphatic heterocycles. The van der Waals surface area contributed by atoms with Gasteiger partial charge in [0, 0.05) is 17.8 Å². The Labute approximate surface area is 136 Å². The molecular weight excluding hydrogens is 308 g/mol. The lowest BCUT2D eigenvalue weighted by Gasteiger charge is -2.02. The Morgan fingerprint density at radius 3 is 2.61 bits per heavy atom. The van der Waals surface area contributed by atoms with Crippen LogP contribution in [0.15, 0.2) is 47.4 Å². The third-order valence-electron chi connectivity index (χ3n) is 3.72. The average molecular weight is 322 g/mol. The van der Waals surface area contributed by atoms with Crippen LogP contribution >= 0.6 is 11.3 Å². The third kappa shape index (κ3) is 2.27. The van der Waals surface area contributed by atoms with Crippen molar-refractivity contribution in [3.8, 4) is 21.7 Å². The Morgan fingerprint density at radius 1 is 1.13 bits per heavy atom. The van der Waals surface area contributed by atoms with Crippen molar-refractivity contribution in [1.82, 2.24) is 19.6 Å². The van der Waals surface area contributed by atoms with Gasteiger partial charge >= 0.3 is 0 Å². The Bertz CT molecular complexity index is 1060. The SMILES string of the molecule is Cc1nc(C)c(-c2cc(=O)n3[nH]cc(-c4ccccc4)c3n2)s1. The minimum Gasteiger partial charge on any atom is -0.296 e. The second-order valence-electron chi connectivity index (χ2n) is 5.34. The van der Waals surface area contributed by atoms with Gasteiger partial charge in [-0.2, -0.15) is 0 Å². The summed E-state index contributed by atoms with van der Waals surface area (Å²) in [7, 11) is 0. The predicted molar refractivity (Wildman–Crippen MR) is 91.8 cm³/mol. The summed E-state index contributed by atoms with van der Waals surface area (Å²) in [5.74, 6) is 0. The highest BCUT2D eigenvalue weighted by atomic mass is 32.1. The van der Waals surface area contributed by atoms with Crippen molar-refractivity contribution in [1.29, 1.82) is 0 Å². The summed E-state index contributed by atoms with van der Waals surface area (Å²) in [6.45, 7) is 3.90. The second-order valence-corrected chi connectivity index (χ2v) is 6.54. The van der Waals surface area contributed by atoms with Crippen LogP contribution in [-0.4, -0.2) is 19.6 Å². The van der Waals surface area contributed by atoms with Crippen molar-refractivity contribution in [2.24, 2.45) is 0 Å². The van der Waals surface area contributed by atoms with E-state index in [0.29, 0.717) is 11.3 Å². The van der Waals surface area contributed by atoms with Crippen molar-refractivity contribution in [3.63, 3.8) is 0 Å². The molecule has 1 N–H and O–H groups in total. The van der Waals surface area contributed by atoms with E-state index < -0.39 is 0 Å². The van der Waals surface area contributed by atoms with Crippen LogP contribution in [0.1, 0.15) is 10.7 Å². The van der Waals surface area contributed by atoms with E-state index in [2.05, 4.69) is 10.1 Å². The molecule has 3 aromatic heterocycles. The van der Waals surface area contributed by atoms with E-state index in [0.717, 1.165) is 26.7 Å². The first-order valence-corrected chi connectivity index (χ1v) is 8.06. The average Bonchev–Trinajstić information content (AvgIpc) is 3.11. The van der Waals surface area contributed by atoms with Crippen LogP contribution in [0, 0.1) is 13.8 Å². The molecular formula is C17H14N4OS. The lowest BCUT2D eigenvalue weighted by Crippen LogP contribution is -2.14. The second kappa shape index (κ2) is 5.17. The number of rotatable bonds is 2. The first-order chi connectivity index (χ1) is 11.1. The molecule has 6 heteroatoms. The number of fused-ring (bicyclic) bond motifs is 1. The smallest absolute Gasteiger partial charge is 0.273 e. The Kier molecular flexibility index (Phi) is 3.12. The molecule has 5 nitrogen and oxygen atoms in total. The number of nitrogens with zero attached hydrogens (tertiary/aromatic N) is 3. The summed E-state index contributed by atoms with van der Waals surface area (Å²) in [6, 6.07) is 11.5. The van der Waals surface area contributed by atoms with Crippen LogP contribution in [0.25, 0.3) is 27.3 Å². The van der Waals surface area contributed by atoms with Crippen molar-refractivity contribution >= 4 is 17.0 Å². The number of H-pyrrole nitrogens is 1. The lowest BCUT2D eigenvalue weighted by molar-refractivity contribution is 0.901. The molecule has 4 rings (SSSR count). The zero-order chi connectivity index (χ0) is 16.0. The number of aromatic nitrogens is 4. The van der Waals surface area contributed by atoms with Crippen LogP contribution in [0.5, 0.6) is 0 Å². The van der Waals surface area contributed by atoms with Gasteiger partial charge in [-0.1, -0.05) is 30.3 Å². The van der Waals surface area contributed by atoms with Gasteiger partial charge in [-0.15, -0.1) is 11.3 Å². The van der Waals surface area contributed by atoms with Gasteiger partial charge in [-0.3, -0.25) is 9.89 Å². The van der Waals surface area contributed by atoms with Gasteiger partial charge in [0.1, 0.15) is 0 Å².